The van der Waals surface area contributed by atoms with Gasteiger partial charge >= 0.3 is 0 Å². The lowest BCUT2D eigenvalue weighted by Crippen LogP contribution is -2.46. The number of amides is 1. The van der Waals surface area contributed by atoms with Crippen molar-refractivity contribution in [1.82, 2.24) is 30.2 Å². The lowest BCUT2D eigenvalue weighted by molar-refractivity contribution is 0.0731. The number of para-hydroxylation sites is 1. The fourth-order valence-corrected chi connectivity index (χ4v) is 3.89. The van der Waals surface area contributed by atoms with Gasteiger partial charge in [-0.25, -0.2) is 19.3 Å². The Labute approximate surface area is 183 Å². The second-order valence-corrected chi connectivity index (χ2v) is 7.78. The SMILES string of the molecule is Cc1cccc2[nH]c(-c3nc(-c4ccc(C(=O)N5CCNCC5)c(F)c4)cnc3N)nc12. The van der Waals surface area contributed by atoms with Gasteiger partial charge in [0, 0.05) is 31.7 Å². The van der Waals surface area contributed by atoms with Gasteiger partial charge in [0.2, 0.25) is 0 Å². The van der Waals surface area contributed by atoms with Crippen LogP contribution >= 0.6 is 0 Å². The van der Waals surface area contributed by atoms with Crippen LogP contribution in [0.5, 0.6) is 0 Å². The van der Waals surface area contributed by atoms with E-state index in [0.29, 0.717) is 49.0 Å². The van der Waals surface area contributed by atoms with E-state index in [1.54, 1.807) is 11.0 Å². The predicted octanol–water partition coefficient (Wildman–Crippen LogP) is 2.76. The Morgan fingerprint density at radius 3 is 2.72 bits per heavy atom. The molecule has 32 heavy (non-hydrogen) atoms. The van der Waals surface area contributed by atoms with Gasteiger partial charge in [0.15, 0.2) is 11.6 Å². The molecule has 3 heterocycles. The molecule has 8 nitrogen and oxygen atoms in total. The first kappa shape index (κ1) is 20.1. The number of hydrogen-bond donors (Lipinski definition) is 3. The van der Waals surface area contributed by atoms with Crippen LogP contribution in [0, 0.1) is 12.7 Å². The van der Waals surface area contributed by atoms with E-state index in [2.05, 4.69) is 25.3 Å². The summed E-state index contributed by atoms with van der Waals surface area (Å²) >= 11 is 0. The highest BCUT2D eigenvalue weighted by Gasteiger charge is 2.22. The van der Waals surface area contributed by atoms with Crippen LogP contribution in [0.2, 0.25) is 0 Å². The van der Waals surface area contributed by atoms with Gasteiger partial charge in [0.1, 0.15) is 11.5 Å². The first-order valence-electron chi connectivity index (χ1n) is 10.4. The maximum atomic E-state index is 14.9. The number of hydrogen-bond acceptors (Lipinski definition) is 6. The van der Waals surface area contributed by atoms with Crippen LogP contribution in [0.25, 0.3) is 33.8 Å². The number of imidazole rings is 1. The lowest BCUT2D eigenvalue weighted by Gasteiger charge is -2.27. The Morgan fingerprint density at radius 2 is 1.97 bits per heavy atom. The molecule has 0 bridgehead atoms. The maximum Gasteiger partial charge on any atom is 0.256 e. The van der Waals surface area contributed by atoms with E-state index in [1.165, 1.54) is 18.3 Å². The van der Waals surface area contributed by atoms with Crippen molar-refractivity contribution in [3.05, 3.63) is 59.5 Å². The van der Waals surface area contributed by atoms with E-state index in [1.807, 2.05) is 25.1 Å². The number of rotatable bonds is 3. The Morgan fingerprint density at radius 1 is 1.16 bits per heavy atom. The van der Waals surface area contributed by atoms with Crippen LogP contribution in [0.4, 0.5) is 10.2 Å². The average molecular weight is 431 g/mol. The Balaban J connectivity index is 1.49. The summed E-state index contributed by atoms with van der Waals surface area (Å²) in [6.07, 6.45) is 1.49. The Bertz CT molecular complexity index is 1330. The van der Waals surface area contributed by atoms with Crippen molar-refractivity contribution in [2.24, 2.45) is 0 Å². The second kappa shape index (κ2) is 8.01. The Hall–Kier alpha value is -3.85. The molecule has 1 aliphatic rings. The predicted molar refractivity (Wildman–Crippen MR) is 120 cm³/mol. The minimum Gasteiger partial charge on any atom is -0.382 e. The second-order valence-electron chi connectivity index (χ2n) is 7.78. The summed E-state index contributed by atoms with van der Waals surface area (Å²) in [5, 5.41) is 3.18. The highest BCUT2D eigenvalue weighted by atomic mass is 19.1. The molecule has 1 saturated heterocycles. The molecule has 4 aromatic rings. The first-order valence-corrected chi connectivity index (χ1v) is 10.4. The molecule has 1 fully saturated rings. The highest BCUT2D eigenvalue weighted by Crippen LogP contribution is 2.28. The first-order chi connectivity index (χ1) is 15.5. The summed E-state index contributed by atoms with van der Waals surface area (Å²) in [5.41, 5.74) is 10.2. The van der Waals surface area contributed by atoms with Crippen LogP contribution < -0.4 is 11.1 Å². The van der Waals surface area contributed by atoms with Crippen LogP contribution in [-0.4, -0.2) is 56.9 Å². The van der Waals surface area contributed by atoms with E-state index in [-0.39, 0.29) is 17.3 Å². The number of nitrogens with one attached hydrogen (secondary N) is 2. The summed E-state index contributed by atoms with van der Waals surface area (Å²) in [5.74, 6) is -0.189. The zero-order valence-electron chi connectivity index (χ0n) is 17.5. The molecule has 5 rings (SSSR count). The number of benzene rings is 2. The number of aromatic amines is 1. The van der Waals surface area contributed by atoms with Gasteiger partial charge in [0.25, 0.3) is 5.91 Å². The molecular weight excluding hydrogens is 409 g/mol. The average Bonchev–Trinajstić information content (AvgIpc) is 3.25. The van der Waals surface area contributed by atoms with Crippen molar-refractivity contribution < 1.29 is 9.18 Å². The standard InChI is InChI=1S/C23H22FN7O/c1-13-3-2-4-17-19(13)30-22(29-17)20-21(25)27-12-18(28-20)14-5-6-15(16(24)11-14)23(32)31-9-7-26-8-10-31/h2-6,11-12,26H,7-10H2,1H3,(H2,25,27)(H,29,30). The summed E-state index contributed by atoms with van der Waals surface area (Å²) < 4.78 is 14.9. The molecule has 0 unspecified atom stereocenters. The molecule has 162 valence electrons. The number of piperazine rings is 1. The van der Waals surface area contributed by atoms with Crippen LogP contribution in [-0.2, 0) is 0 Å². The maximum absolute atomic E-state index is 14.9. The van der Waals surface area contributed by atoms with Gasteiger partial charge in [0.05, 0.1) is 28.5 Å². The topological polar surface area (TPSA) is 113 Å². The van der Waals surface area contributed by atoms with Crippen LogP contribution in [0.15, 0.2) is 42.6 Å². The number of aromatic nitrogens is 4. The number of nitrogens with zero attached hydrogens (tertiary/aromatic N) is 4. The molecule has 2 aromatic heterocycles. The molecule has 0 atom stereocenters. The minimum absolute atomic E-state index is 0.0482. The van der Waals surface area contributed by atoms with Crippen molar-refractivity contribution in [3.8, 4) is 22.8 Å². The summed E-state index contributed by atoms with van der Waals surface area (Å²) in [6, 6.07) is 10.3. The van der Waals surface area contributed by atoms with Crippen LogP contribution in [0.3, 0.4) is 0 Å². The van der Waals surface area contributed by atoms with Gasteiger partial charge in [-0.3, -0.25) is 4.79 Å². The fraction of sp³-hybridized carbons (Fsp3) is 0.217. The van der Waals surface area contributed by atoms with Crippen molar-refractivity contribution >= 4 is 22.8 Å². The molecule has 0 spiro atoms. The molecule has 0 saturated carbocycles. The number of carbonyl (C=O) groups excluding carboxylic acids is 1. The highest BCUT2D eigenvalue weighted by molar-refractivity contribution is 5.95. The molecule has 4 N–H and O–H groups in total. The van der Waals surface area contributed by atoms with E-state index in [0.717, 1.165) is 16.6 Å². The fourth-order valence-electron chi connectivity index (χ4n) is 3.89. The molecular formula is C23H22FN7O. The largest absolute Gasteiger partial charge is 0.382 e. The normalized spacial score (nSPS) is 14.1. The number of carbonyl (C=O) groups is 1. The summed E-state index contributed by atoms with van der Waals surface area (Å²) in [7, 11) is 0. The lowest BCUT2D eigenvalue weighted by atomic mass is 10.1. The number of nitrogen functional groups attached to an aromatic ring is 1. The summed E-state index contributed by atoms with van der Waals surface area (Å²) in [4.78, 5) is 31.0. The molecule has 1 aliphatic heterocycles. The van der Waals surface area contributed by atoms with Gasteiger partial charge in [-0.15, -0.1) is 0 Å². The summed E-state index contributed by atoms with van der Waals surface area (Å²) in [6.45, 7) is 4.51. The third kappa shape index (κ3) is 3.56. The minimum atomic E-state index is -0.592. The molecule has 1 amide bonds. The van der Waals surface area contributed by atoms with Crippen molar-refractivity contribution in [1.29, 1.82) is 0 Å². The third-order valence-electron chi connectivity index (χ3n) is 5.64. The van der Waals surface area contributed by atoms with Gasteiger partial charge < -0.3 is 20.9 Å². The van der Waals surface area contributed by atoms with E-state index >= 15 is 0 Å². The number of H-pyrrole nitrogens is 1. The number of aryl methyl sites for hydroxylation is 1. The third-order valence-corrected chi connectivity index (χ3v) is 5.64. The number of anilines is 1. The van der Waals surface area contributed by atoms with Crippen molar-refractivity contribution in [2.75, 3.05) is 31.9 Å². The van der Waals surface area contributed by atoms with Crippen LogP contribution in [0.1, 0.15) is 15.9 Å². The zero-order valence-corrected chi connectivity index (χ0v) is 17.5. The molecule has 0 aliphatic carbocycles. The molecule has 9 heteroatoms. The van der Waals surface area contributed by atoms with Gasteiger partial charge in [-0.1, -0.05) is 18.2 Å². The quantitative estimate of drug-likeness (QED) is 0.460. The molecule has 0 radical (unpaired) electrons. The molecule has 2 aromatic carbocycles. The van der Waals surface area contributed by atoms with Crippen molar-refractivity contribution in [3.63, 3.8) is 0 Å². The van der Waals surface area contributed by atoms with E-state index in [4.69, 9.17) is 5.73 Å². The Kier molecular flexibility index (Phi) is 5.02. The smallest absolute Gasteiger partial charge is 0.256 e. The van der Waals surface area contributed by atoms with Crippen molar-refractivity contribution in [2.45, 2.75) is 6.92 Å². The number of nitrogens with two attached hydrogens (primary N) is 1. The van der Waals surface area contributed by atoms with Gasteiger partial charge in [-0.05, 0) is 30.7 Å². The monoisotopic (exact) mass is 431 g/mol. The number of fused-ring (bicyclic) bond motifs is 1. The zero-order chi connectivity index (χ0) is 22.2. The van der Waals surface area contributed by atoms with E-state index in [9.17, 15) is 9.18 Å². The van der Waals surface area contributed by atoms with Gasteiger partial charge in [-0.2, -0.15) is 0 Å². The number of halogens is 1. The van der Waals surface area contributed by atoms with E-state index < -0.39 is 5.82 Å².